The molecule has 0 saturated heterocycles. The van der Waals surface area contributed by atoms with Gasteiger partial charge in [0, 0.05) is 30.4 Å². The smallest absolute Gasteiger partial charge is 0.257 e. The van der Waals surface area contributed by atoms with E-state index in [2.05, 4.69) is 10.3 Å². The molecule has 0 radical (unpaired) electrons. The second kappa shape index (κ2) is 8.67. The van der Waals surface area contributed by atoms with Gasteiger partial charge in [-0.3, -0.25) is 4.79 Å². The predicted octanol–water partition coefficient (Wildman–Crippen LogP) is 3.91. The Labute approximate surface area is 162 Å². The first-order chi connectivity index (χ1) is 13.5. The molecule has 2 heterocycles. The van der Waals surface area contributed by atoms with Gasteiger partial charge in [-0.1, -0.05) is 0 Å². The Bertz CT molecular complexity index is 968. The number of nitrogens with zero attached hydrogens (tertiary/aromatic N) is 2. The number of benzene rings is 1. The molecular weight excluding hydrogens is 361 g/mol. The standard InChI is InChI=1S/C21H22FN3O3/c1-14-13-18(15(2)25(14)17-8-6-16(22)7-9-17)20(26)24-19-5-4-10-23-21(19)28-12-11-27-3/h4-10,13H,11-12H2,1-3H3,(H,24,26). The van der Waals surface area contributed by atoms with Crippen LogP contribution in [-0.2, 0) is 4.74 Å². The number of nitrogens with one attached hydrogen (secondary N) is 1. The van der Waals surface area contributed by atoms with E-state index in [-0.39, 0.29) is 11.7 Å². The normalized spacial score (nSPS) is 10.7. The minimum absolute atomic E-state index is 0.272. The van der Waals surface area contributed by atoms with Crippen LogP contribution in [0.3, 0.4) is 0 Å². The van der Waals surface area contributed by atoms with Crippen LogP contribution >= 0.6 is 0 Å². The summed E-state index contributed by atoms with van der Waals surface area (Å²) in [7, 11) is 1.58. The number of carbonyl (C=O) groups excluding carboxylic acids is 1. The van der Waals surface area contributed by atoms with Crippen molar-refractivity contribution in [3.8, 4) is 11.6 Å². The summed E-state index contributed by atoms with van der Waals surface area (Å²) < 4.78 is 25.7. The first-order valence-electron chi connectivity index (χ1n) is 8.84. The number of halogens is 1. The summed E-state index contributed by atoms with van der Waals surface area (Å²) in [5.74, 6) is -0.243. The van der Waals surface area contributed by atoms with Crippen LogP contribution in [0.4, 0.5) is 10.1 Å². The molecule has 0 aliphatic heterocycles. The largest absolute Gasteiger partial charge is 0.474 e. The molecule has 0 aliphatic carbocycles. The number of methoxy groups -OCH3 is 1. The molecule has 7 heteroatoms. The maximum Gasteiger partial charge on any atom is 0.257 e. The van der Waals surface area contributed by atoms with Crippen molar-refractivity contribution in [2.24, 2.45) is 0 Å². The van der Waals surface area contributed by atoms with Crippen molar-refractivity contribution < 1.29 is 18.7 Å². The topological polar surface area (TPSA) is 65.4 Å². The van der Waals surface area contributed by atoms with Crippen LogP contribution in [0.15, 0.2) is 48.7 Å². The minimum Gasteiger partial charge on any atom is -0.474 e. The van der Waals surface area contributed by atoms with Gasteiger partial charge >= 0.3 is 0 Å². The third-order valence-electron chi connectivity index (χ3n) is 4.31. The number of carbonyl (C=O) groups is 1. The van der Waals surface area contributed by atoms with Crippen molar-refractivity contribution in [2.45, 2.75) is 13.8 Å². The summed E-state index contributed by atoms with van der Waals surface area (Å²) in [6.45, 7) is 4.50. The average Bonchev–Trinajstić information content (AvgIpc) is 2.98. The number of aromatic nitrogens is 2. The number of amides is 1. The Hall–Kier alpha value is -3.19. The van der Waals surface area contributed by atoms with Gasteiger partial charge in [0.15, 0.2) is 0 Å². The fourth-order valence-electron chi connectivity index (χ4n) is 2.99. The molecular formula is C21H22FN3O3. The Morgan fingerprint density at radius 3 is 2.64 bits per heavy atom. The van der Waals surface area contributed by atoms with Crippen molar-refractivity contribution in [3.63, 3.8) is 0 Å². The van der Waals surface area contributed by atoms with Crippen LogP contribution in [0, 0.1) is 19.7 Å². The molecule has 6 nitrogen and oxygen atoms in total. The van der Waals surface area contributed by atoms with Crippen molar-refractivity contribution in [1.29, 1.82) is 0 Å². The van der Waals surface area contributed by atoms with Crippen LogP contribution in [-0.4, -0.2) is 35.8 Å². The van der Waals surface area contributed by atoms with Gasteiger partial charge < -0.3 is 19.4 Å². The number of pyridine rings is 1. The highest BCUT2D eigenvalue weighted by Gasteiger charge is 2.18. The first-order valence-corrected chi connectivity index (χ1v) is 8.84. The highest BCUT2D eigenvalue weighted by Crippen LogP contribution is 2.25. The summed E-state index contributed by atoms with van der Waals surface area (Å²) in [5.41, 5.74) is 3.42. The molecule has 0 unspecified atom stereocenters. The van der Waals surface area contributed by atoms with E-state index in [9.17, 15) is 9.18 Å². The molecule has 0 atom stereocenters. The number of rotatable bonds is 7. The van der Waals surface area contributed by atoms with E-state index in [0.29, 0.717) is 30.3 Å². The van der Waals surface area contributed by atoms with Gasteiger partial charge in [0.05, 0.1) is 12.2 Å². The highest BCUT2D eigenvalue weighted by atomic mass is 19.1. The molecule has 0 fully saturated rings. The van der Waals surface area contributed by atoms with Crippen molar-refractivity contribution in [1.82, 2.24) is 9.55 Å². The second-order valence-corrected chi connectivity index (χ2v) is 6.25. The van der Waals surface area contributed by atoms with Crippen LogP contribution in [0.1, 0.15) is 21.7 Å². The molecule has 0 spiro atoms. The quantitative estimate of drug-likeness (QED) is 0.629. The summed E-state index contributed by atoms with van der Waals surface area (Å²) in [5, 5.41) is 2.86. The van der Waals surface area contributed by atoms with Gasteiger partial charge in [-0.15, -0.1) is 0 Å². The minimum atomic E-state index is -0.304. The van der Waals surface area contributed by atoms with E-state index < -0.39 is 0 Å². The van der Waals surface area contributed by atoms with E-state index in [4.69, 9.17) is 9.47 Å². The van der Waals surface area contributed by atoms with Gasteiger partial charge in [0.25, 0.3) is 5.91 Å². The molecule has 3 aromatic rings. The Morgan fingerprint density at radius 2 is 1.93 bits per heavy atom. The zero-order valence-corrected chi connectivity index (χ0v) is 16.0. The predicted molar refractivity (Wildman–Crippen MR) is 105 cm³/mol. The maximum absolute atomic E-state index is 13.2. The van der Waals surface area contributed by atoms with Crippen molar-refractivity contribution in [2.75, 3.05) is 25.6 Å². The third-order valence-corrected chi connectivity index (χ3v) is 4.31. The van der Waals surface area contributed by atoms with Crippen molar-refractivity contribution >= 4 is 11.6 Å². The summed E-state index contributed by atoms with van der Waals surface area (Å²) in [4.78, 5) is 17.0. The molecule has 3 rings (SSSR count). The fraction of sp³-hybridized carbons (Fsp3) is 0.238. The third kappa shape index (κ3) is 4.20. The summed E-state index contributed by atoms with van der Waals surface area (Å²) in [6, 6.07) is 11.4. The number of aryl methyl sites for hydroxylation is 1. The monoisotopic (exact) mass is 383 g/mol. The molecule has 28 heavy (non-hydrogen) atoms. The molecule has 0 bridgehead atoms. The van der Waals surface area contributed by atoms with Crippen LogP contribution in [0.2, 0.25) is 0 Å². The van der Waals surface area contributed by atoms with E-state index in [1.54, 1.807) is 43.6 Å². The zero-order valence-electron chi connectivity index (χ0n) is 16.0. The highest BCUT2D eigenvalue weighted by molar-refractivity contribution is 6.06. The number of anilines is 1. The average molecular weight is 383 g/mol. The fourth-order valence-corrected chi connectivity index (χ4v) is 2.99. The van der Waals surface area contributed by atoms with Gasteiger partial charge in [0.2, 0.25) is 5.88 Å². The second-order valence-electron chi connectivity index (χ2n) is 6.25. The molecule has 146 valence electrons. The number of hydrogen-bond acceptors (Lipinski definition) is 4. The van der Waals surface area contributed by atoms with Crippen LogP contribution in [0.25, 0.3) is 5.69 Å². The molecule has 1 amide bonds. The number of ether oxygens (including phenoxy) is 2. The van der Waals surface area contributed by atoms with Gasteiger partial charge in [0.1, 0.15) is 18.1 Å². The Balaban J connectivity index is 1.85. The van der Waals surface area contributed by atoms with Crippen molar-refractivity contribution in [3.05, 3.63) is 71.4 Å². The Morgan fingerprint density at radius 1 is 1.18 bits per heavy atom. The lowest BCUT2D eigenvalue weighted by Crippen LogP contribution is -2.15. The maximum atomic E-state index is 13.2. The lowest BCUT2D eigenvalue weighted by Gasteiger charge is -2.12. The molecule has 0 aliphatic rings. The van der Waals surface area contributed by atoms with E-state index in [1.165, 1.54) is 12.1 Å². The lowest BCUT2D eigenvalue weighted by molar-refractivity contribution is 0.102. The molecule has 2 aromatic heterocycles. The SMILES string of the molecule is COCCOc1ncccc1NC(=O)c1cc(C)n(-c2ccc(F)cc2)c1C. The van der Waals surface area contributed by atoms with Crippen LogP contribution < -0.4 is 10.1 Å². The molecule has 0 saturated carbocycles. The van der Waals surface area contributed by atoms with E-state index >= 15 is 0 Å². The first kappa shape index (κ1) is 19.6. The summed E-state index contributed by atoms with van der Waals surface area (Å²) >= 11 is 0. The molecule has 1 N–H and O–H groups in total. The number of hydrogen-bond donors (Lipinski definition) is 1. The zero-order chi connectivity index (χ0) is 20.1. The van der Waals surface area contributed by atoms with Gasteiger partial charge in [-0.05, 0) is 56.3 Å². The van der Waals surface area contributed by atoms with E-state index in [0.717, 1.165) is 17.1 Å². The Kier molecular flexibility index (Phi) is 6.06. The van der Waals surface area contributed by atoms with Gasteiger partial charge in [-0.2, -0.15) is 0 Å². The summed E-state index contributed by atoms with van der Waals surface area (Å²) in [6.07, 6.45) is 1.60. The molecule has 1 aromatic carbocycles. The van der Waals surface area contributed by atoms with Gasteiger partial charge in [-0.25, -0.2) is 9.37 Å². The van der Waals surface area contributed by atoms with E-state index in [1.807, 2.05) is 18.4 Å². The lowest BCUT2D eigenvalue weighted by atomic mass is 10.2. The van der Waals surface area contributed by atoms with Crippen LogP contribution in [0.5, 0.6) is 5.88 Å².